The van der Waals surface area contributed by atoms with Crippen molar-refractivity contribution in [1.82, 2.24) is 5.32 Å². The van der Waals surface area contributed by atoms with Gasteiger partial charge in [0.1, 0.15) is 5.76 Å². The van der Waals surface area contributed by atoms with Crippen LogP contribution in [0.15, 0.2) is 46.9 Å². The molecule has 5 nitrogen and oxygen atoms in total. The molecule has 0 aliphatic heterocycles. The summed E-state index contributed by atoms with van der Waals surface area (Å²) in [5, 5.41) is 13.6. The Morgan fingerprint density at radius 2 is 2.08 bits per heavy atom. The predicted octanol–water partition coefficient (Wildman–Crippen LogP) is 3.40. The van der Waals surface area contributed by atoms with Crippen LogP contribution < -0.4 is 10.1 Å². The van der Waals surface area contributed by atoms with Gasteiger partial charge in [-0.1, -0.05) is 18.2 Å². The van der Waals surface area contributed by atoms with E-state index in [1.165, 1.54) is 5.56 Å². The standard InChI is InChI=1S/C20H19NO4/c1-24-18-4-2-3-13-10-17(25-19(13)18)11-21-16-8-12-5-6-14(20(22)23)7-15(12)9-16/h2-7,10,16,21H,8-9,11H2,1H3,(H,22,23). The molecule has 1 aliphatic rings. The third kappa shape index (κ3) is 2.98. The molecule has 1 atom stereocenters. The van der Waals surface area contributed by atoms with E-state index in [-0.39, 0.29) is 6.04 Å². The number of rotatable bonds is 5. The Kier molecular flexibility index (Phi) is 3.93. The minimum Gasteiger partial charge on any atom is -0.493 e. The topological polar surface area (TPSA) is 71.7 Å². The highest BCUT2D eigenvalue weighted by molar-refractivity contribution is 5.88. The summed E-state index contributed by atoms with van der Waals surface area (Å²) in [6.45, 7) is 0.627. The third-order valence-corrected chi connectivity index (χ3v) is 4.73. The maximum atomic E-state index is 11.1. The van der Waals surface area contributed by atoms with E-state index in [1.54, 1.807) is 19.2 Å². The van der Waals surface area contributed by atoms with Gasteiger partial charge in [-0.05, 0) is 48.2 Å². The summed E-state index contributed by atoms with van der Waals surface area (Å²) in [5.41, 5.74) is 3.45. The molecule has 0 saturated carbocycles. The van der Waals surface area contributed by atoms with Crippen LogP contribution in [0.5, 0.6) is 5.75 Å². The van der Waals surface area contributed by atoms with Crippen LogP contribution in [0.2, 0.25) is 0 Å². The van der Waals surface area contributed by atoms with Gasteiger partial charge in [0.2, 0.25) is 0 Å². The van der Waals surface area contributed by atoms with Crippen molar-refractivity contribution in [3.05, 3.63) is 64.9 Å². The number of para-hydroxylation sites is 1. The molecule has 0 radical (unpaired) electrons. The lowest BCUT2D eigenvalue weighted by Gasteiger charge is -2.10. The first-order chi connectivity index (χ1) is 12.1. The highest BCUT2D eigenvalue weighted by Gasteiger charge is 2.22. The maximum absolute atomic E-state index is 11.1. The molecule has 5 heteroatoms. The van der Waals surface area contributed by atoms with Crippen LogP contribution in [0.4, 0.5) is 0 Å². The van der Waals surface area contributed by atoms with Gasteiger partial charge in [-0.3, -0.25) is 0 Å². The van der Waals surface area contributed by atoms with Gasteiger partial charge >= 0.3 is 5.97 Å². The molecule has 1 aromatic heterocycles. The first kappa shape index (κ1) is 15.7. The average molecular weight is 337 g/mol. The zero-order chi connectivity index (χ0) is 17.4. The summed E-state index contributed by atoms with van der Waals surface area (Å²) in [4.78, 5) is 11.1. The normalized spacial score (nSPS) is 16.1. The Bertz CT molecular complexity index is 944. The van der Waals surface area contributed by atoms with Gasteiger partial charge in [0.25, 0.3) is 0 Å². The number of fused-ring (bicyclic) bond motifs is 2. The van der Waals surface area contributed by atoms with E-state index in [0.29, 0.717) is 12.1 Å². The number of hydrogen-bond donors (Lipinski definition) is 2. The Morgan fingerprint density at radius 1 is 1.24 bits per heavy atom. The fourth-order valence-electron chi connectivity index (χ4n) is 3.48. The molecule has 0 amide bonds. The lowest BCUT2D eigenvalue weighted by atomic mass is 10.1. The second kappa shape index (κ2) is 6.26. The molecule has 2 N–H and O–H groups in total. The number of furan rings is 1. The van der Waals surface area contributed by atoms with E-state index in [2.05, 4.69) is 5.32 Å². The predicted molar refractivity (Wildman–Crippen MR) is 94.2 cm³/mol. The van der Waals surface area contributed by atoms with Crippen molar-refractivity contribution in [2.45, 2.75) is 25.4 Å². The lowest BCUT2D eigenvalue weighted by molar-refractivity contribution is 0.0696. The third-order valence-electron chi connectivity index (χ3n) is 4.73. The molecule has 4 rings (SSSR count). The Hall–Kier alpha value is -2.79. The van der Waals surface area contributed by atoms with E-state index in [4.69, 9.17) is 14.3 Å². The van der Waals surface area contributed by atoms with E-state index in [0.717, 1.165) is 40.9 Å². The lowest BCUT2D eigenvalue weighted by Crippen LogP contribution is -2.28. The highest BCUT2D eigenvalue weighted by atomic mass is 16.5. The van der Waals surface area contributed by atoms with Gasteiger partial charge in [-0.15, -0.1) is 0 Å². The highest BCUT2D eigenvalue weighted by Crippen LogP contribution is 2.29. The SMILES string of the molecule is COc1cccc2cc(CNC3Cc4ccc(C(=O)O)cc4C3)oc12. The second-order valence-corrected chi connectivity index (χ2v) is 6.37. The van der Waals surface area contributed by atoms with Crippen molar-refractivity contribution in [2.75, 3.05) is 7.11 Å². The summed E-state index contributed by atoms with van der Waals surface area (Å²) < 4.78 is 11.2. The van der Waals surface area contributed by atoms with Crippen LogP contribution in [-0.4, -0.2) is 24.2 Å². The van der Waals surface area contributed by atoms with Crippen molar-refractivity contribution in [3.63, 3.8) is 0 Å². The quantitative estimate of drug-likeness (QED) is 0.747. The number of carboxylic acids is 1. The number of carbonyl (C=O) groups is 1. The summed E-state index contributed by atoms with van der Waals surface area (Å²) in [5.74, 6) is 0.718. The van der Waals surface area contributed by atoms with Crippen LogP contribution >= 0.6 is 0 Å². The molecule has 0 fully saturated rings. The molecule has 1 heterocycles. The molecular formula is C20H19NO4. The molecule has 1 unspecified atom stereocenters. The number of hydrogen-bond acceptors (Lipinski definition) is 4. The van der Waals surface area contributed by atoms with Crippen LogP contribution in [0.1, 0.15) is 27.2 Å². The molecule has 0 saturated heterocycles. The molecule has 128 valence electrons. The van der Waals surface area contributed by atoms with Crippen molar-refractivity contribution in [3.8, 4) is 5.75 Å². The summed E-state index contributed by atoms with van der Waals surface area (Å²) in [6, 6.07) is 13.5. The van der Waals surface area contributed by atoms with E-state index < -0.39 is 5.97 Å². The number of aromatic carboxylic acids is 1. The summed E-state index contributed by atoms with van der Waals surface area (Å²) >= 11 is 0. The molecule has 25 heavy (non-hydrogen) atoms. The van der Waals surface area contributed by atoms with Crippen molar-refractivity contribution < 1.29 is 19.1 Å². The minimum atomic E-state index is -0.879. The van der Waals surface area contributed by atoms with Crippen molar-refractivity contribution in [2.24, 2.45) is 0 Å². The van der Waals surface area contributed by atoms with Gasteiger partial charge in [0.05, 0.1) is 19.2 Å². The number of methoxy groups -OCH3 is 1. The van der Waals surface area contributed by atoms with Gasteiger partial charge < -0.3 is 19.6 Å². The molecule has 2 aromatic carbocycles. The first-order valence-corrected chi connectivity index (χ1v) is 8.28. The molecule has 0 spiro atoms. The first-order valence-electron chi connectivity index (χ1n) is 8.28. The number of carboxylic acid groups (broad SMARTS) is 1. The zero-order valence-electron chi connectivity index (χ0n) is 13.9. The Morgan fingerprint density at radius 3 is 2.88 bits per heavy atom. The molecule has 3 aromatic rings. The Balaban J connectivity index is 1.45. The fraction of sp³-hybridized carbons (Fsp3) is 0.250. The van der Waals surface area contributed by atoms with Gasteiger partial charge in [0.15, 0.2) is 11.3 Å². The number of benzene rings is 2. The second-order valence-electron chi connectivity index (χ2n) is 6.37. The van der Waals surface area contributed by atoms with Crippen LogP contribution in [0.25, 0.3) is 11.0 Å². The largest absolute Gasteiger partial charge is 0.493 e. The summed E-state index contributed by atoms with van der Waals surface area (Å²) in [6.07, 6.45) is 1.73. The van der Waals surface area contributed by atoms with E-state index >= 15 is 0 Å². The zero-order valence-corrected chi connectivity index (χ0v) is 13.9. The average Bonchev–Trinajstić information content (AvgIpc) is 3.21. The van der Waals surface area contributed by atoms with Gasteiger partial charge in [-0.25, -0.2) is 4.79 Å². The van der Waals surface area contributed by atoms with Crippen LogP contribution in [0, 0.1) is 0 Å². The van der Waals surface area contributed by atoms with E-state index in [9.17, 15) is 4.79 Å². The molecular weight excluding hydrogens is 318 g/mol. The van der Waals surface area contributed by atoms with Crippen molar-refractivity contribution in [1.29, 1.82) is 0 Å². The monoisotopic (exact) mass is 337 g/mol. The smallest absolute Gasteiger partial charge is 0.335 e. The van der Waals surface area contributed by atoms with Crippen LogP contribution in [0.3, 0.4) is 0 Å². The molecule has 1 aliphatic carbocycles. The molecule has 0 bridgehead atoms. The number of ether oxygens (including phenoxy) is 1. The summed E-state index contributed by atoms with van der Waals surface area (Å²) in [7, 11) is 1.64. The van der Waals surface area contributed by atoms with Gasteiger partial charge in [-0.2, -0.15) is 0 Å². The van der Waals surface area contributed by atoms with Crippen molar-refractivity contribution >= 4 is 16.9 Å². The Labute approximate surface area is 145 Å². The maximum Gasteiger partial charge on any atom is 0.335 e. The van der Waals surface area contributed by atoms with Gasteiger partial charge in [0, 0.05) is 11.4 Å². The van der Waals surface area contributed by atoms with E-state index in [1.807, 2.05) is 30.3 Å². The van der Waals surface area contributed by atoms with Crippen LogP contribution in [-0.2, 0) is 19.4 Å². The minimum absolute atomic E-state index is 0.286. The fourth-order valence-corrected chi connectivity index (χ4v) is 3.48. The number of nitrogens with one attached hydrogen (secondary N) is 1.